The summed E-state index contributed by atoms with van der Waals surface area (Å²) in [5.41, 5.74) is 2.65. The molecule has 0 aliphatic heterocycles. The lowest BCUT2D eigenvalue weighted by Gasteiger charge is -2.28. The minimum atomic E-state index is -0.608. The van der Waals surface area contributed by atoms with Gasteiger partial charge in [-0.25, -0.2) is 0 Å². The molecule has 4 N–H and O–H groups in total. The summed E-state index contributed by atoms with van der Waals surface area (Å²) < 4.78 is 12.3. The number of rotatable bonds is 8. The topological polar surface area (TPSA) is 117 Å². The van der Waals surface area contributed by atoms with Crippen molar-refractivity contribution in [3.63, 3.8) is 0 Å². The highest BCUT2D eigenvalue weighted by Crippen LogP contribution is 2.50. The lowest BCUT2D eigenvalue weighted by atomic mass is 9.86. The van der Waals surface area contributed by atoms with Crippen molar-refractivity contribution in [2.45, 2.75) is 25.9 Å². The highest BCUT2D eigenvalue weighted by Gasteiger charge is 2.31. The number of anilines is 2. The van der Waals surface area contributed by atoms with Gasteiger partial charge in [0.15, 0.2) is 23.1 Å². The molecule has 0 saturated carbocycles. The molecule has 2 aromatic heterocycles. The molecule has 6 rings (SSSR count). The number of phenolic OH excluding ortho intramolecular Hbond substituents is 2. The zero-order valence-corrected chi connectivity index (χ0v) is 25.8. The number of benzene rings is 4. The summed E-state index contributed by atoms with van der Waals surface area (Å²) in [5, 5.41) is 40.4. The minimum absolute atomic E-state index is 0.257. The van der Waals surface area contributed by atoms with Crippen molar-refractivity contribution in [3.05, 3.63) is 128 Å². The summed E-state index contributed by atoms with van der Waals surface area (Å²) >= 11 is 7.35. The fraction of sp³-hybridized carbons (Fsp3) is 0.125. The van der Waals surface area contributed by atoms with Crippen molar-refractivity contribution in [3.8, 4) is 11.5 Å². The van der Waals surface area contributed by atoms with E-state index in [0.29, 0.717) is 34.3 Å². The van der Waals surface area contributed by atoms with Crippen molar-refractivity contribution in [2.75, 3.05) is 10.6 Å². The third-order valence-corrected chi connectivity index (χ3v) is 8.54. The number of fused-ring (bicyclic) bond motifs is 1. The number of aryl methyl sites for hydroxylation is 2. The lowest BCUT2D eigenvalue weighted by molar-refractivity contribution is 0.393. The van der Waals surface area contributed by atoms with Crippen molar-refractivity contribution < 1.29 is 19.3 Å². The van der Waals surface area contributed by atoms with Gasteiger partial charge in [-0.05, 0) is 47.9 Å². The van der Waals surface area contributed by atoms with E-state index in [9.17, 15) is 10.2 Å². The Bertz CT molecular complexity index is 1770. The van der Waals surface area contributed by atoms with Crippen LogP contribution in [0.1, 0.15) is 45.9 Å². The summed E-state index contributed by atoms with van der Waals surface area (Å²) in [4.78, 5) is 0. The van der Waals surface area contributed by atoms with Gasteiger partial charge in [0, 0.05) is 32.2 Å². The molecular formula is C32H26Br2N4O4. The second-order valence-corrected chi connectivity index (χ2v) is 11.6. The Morgan fingerprint density at radius 1 is 0.619 bits per heavy atom. The lowest BCUT2D eigenvalue weighted by Crippen LogP contribution is -2.17. The molecule has 212 valence electrons. The molecule has 2 atom stereocenters. The van der Waals surface area contributed by atoms with E-state index < -0.39 is 12.1 Å². The second-order valence-electron chi connectivity index (χ2n) is 9.91. The maximum Gasteiger partial charge on any atom is 0.170 e. The van der Waals surface area contributed by atoms with Gasteiger partial charge < -0.3 is 29.9 Å². The standard InChI is InChI=1S/C32H26Br2N4O4/c1-17-15-25(37-41-17)35-29(21-11-5-7-13-23(21)33)27-19-9-3-4-10-20(19)28(32(40)31(27)39)30(22-12-6-8-14-24(22)34)36-26-16-18(2)42-38-26/h3-16,29-30,39-40H,1-2H3,(H,35,37)(H,36,38)/t29-,30-/m0/s1. The van der Waals surface area contributed by atoms with Crippen molar-refractivity contribution in [2.24, 2.45) is 0 Å². The van der Waals surface area contributed by atoms with Gasteiger partial charge in [-0.2, -0.15) is 0 Å². The van der Waals surface area contributed by atoms with Gasteiger partial charge in [0.2, 0.25) is 0 Å². The molecular weight excluding hydrogens is 664 g/mol. The SMILES string of the molecule is Cc1cc(N[C@@H](c2ccccc2Br)c2c(O)c(O)c([C@@H](Nc3cc(C)on3)c3ccccc3Br)c3ccccc23)no1. The molecule has 0 saturated heterocycles. The summed E-state index contributed by atoms with van der Waals surface area (Å²) in [6.07, 6.45) is 0. The summed E-state index contributed by atoms with van der Waals surface area (Å²) in [6, 6.07) is 25.5. The molecule has 0 fully saturated rings. The molecule has 0 radical (unpaired) electrons. The normalized spacial score (nSPS) is 12.8. The molecule has 10 heteroatoms. The first-order chi connectivity index (χ1) is 20.3. The number of nitrogens with one attached hydrogen (secondary N) is 2. The molecule has 8 nitrogen and oxygen atoms in total. The van der Waals surface area contributed by atoms with Gasteiger partial charge in [-0.1, -0.05) is 103 Å². The van der Waals surface area contributed by atoms with Gasteiger partial charge in [-0.3, -0.25) is 0 Å². The Morgan fingerprint density at radius 3 is 1.36 bits per heavy atom. The maximum atomic E-state index is 11.9. The quantitative estimate of drug-likeness (QED) is 0.117. The van der Waals surface area contributed by atoms with Crippen LogP contribution in [0.5, 0.6) is 11.5 Å². The smallest absolute Gasteiger partial charge is 0.170 e. The third kappa shape index (κ3) is 5.23. The van der Waals surface area contributed by atoms with Gasteiger partial charge in [0.05, 0.1) is 12.1 Å². The van der Waals surface area contributed by atoms with E-state index in [2.05, 4.69) is 52.8 Å². The molecule has 42 heavy (non-hydrogen) atoms. The average molecular weight is 690 g/mol. The van der Waals surface area contributed by atoms with E-state index in [4.69, 9.17) is 9.05 Å². The van der Waals surface area contributed by atoms with E-state index in [-0.39, 0.29) is 11.5 Å². The number of halogens is 2. The molecule has 4 aromatic carbocycles. The van der Waals surface area contributed by atoms with E-state index >= 15 is 0 Å². The first kappa shape index (κ1) is 27.9. The van der Waals surface area contributed by atoms with Crippen LogP contribution in [0.4, 0.5) is 11.6 Å². The highest BCUT2D eigenvalue weighted by molar-refractivity contribution is 9.10. The second kappa shape index (κ2) is 11.5. The van der Waals surface area contributed by atoms with Crippen molar-refractivity contribution in [1.82, 2.24) is 10.3 Å². The number of nitrogens with zero attached hydrogens (tertiary/aromatic N) is 2. The number of hydrogen-bond acceptors (Lipinski definition) is 8. The van der Waals surface area contributed by atoms with E-state index in [1.807, 2.05) is 86.6 Å². The van der Waals surface area contributed by atoms with E-state index in [1.54, 1.807) is 12.1 Å². The first-order valence-corrected chi connectivity index (χ1v) is 14.8. The van der Waals surface area contributed by atoms with Gasteiger partial charge in [0.1, 0.15) is 11.5 Å². The van der Waals surface area contributed by atoms with Crippen molar-refractivity contribution >= 4 is 54.3 Å². The number of aromatic hydroxyl groups is 2. The molecule has 2 heterocycles. The number of phenols is 2. The van der Waals surface area contributed by atoms with Crippen LogP contribution in [0.15, 0.2) is 103 Å². The van der Waals surface area contributed by atoms with Crippen LogP contribution in [-0.4, -0.2) is 20.5 Å². The van der Waals surface area contributed by atoms with Gasteiger partial charge in [0.25, 0.3) is 0 Å². The monoisotopic (exact) mass is 688 g/mol. The largest absolute Gasteiger partial charge is 0.504 e. The molecule has 0 spiro atoms. The summed E-state index contributed by atoms with van der Waals surface area (Å²) in [5.74, 6) is 1.76. The van der Waals surface area contributed by atoms with Crippen LogP contribution >= 0.6 is 31.9 Å². The Labute approximate surface area is 258 Å². The fourth-order valence-corrected chi connectivity index (χ4v) is 6.27. The number of hydrogen-bond donors (Lipinski definition) is 4. The van der Waals surface area contributed by atoms with Crippen LogP contribution in [0.3, 0.4) is 0 Å². The Hall–Kier alpha value is -4.28. The number of aromatic nitrogens is 2. The van der Waals surface area contributed by atoms with Gasteiger partial charge >= 0.3 is 0 Å². The molecule has 0 aliphatic rings. The molecule has 0 aliphatic carbocycles. The average Bonchev–Trinajstić information content (AvgIpc) is 3.59. The first-order valence-electron chi connectivity index (χ1n) is 13.2. The van der Waals surface area contributed by atoms with Crippen LogP contribution in [0.2, 0.25) is 0 Å². The Kier molecular flexibility index (Phi) is 7.66. The maximum absolute atomic E-state index is 11.9. The molecule has 0 amide bonds. The Morgan fingerprint density at radius 2 is 1.00 bits per heavy atom. The molecule has 0 bridgehead atoms. The highest BCUT2D eigenvalue weighted by atomic mass is 79.9. The van der Waals surface area contributed by atoms with Gasteiger partial charge in [-0.15, -0.1) is 0 Å². The van der Waals surface area contributed by atoms with Crippen LogP contribution in [0.25, 0.3) is 10.8 Å². The Balaban J connectivity index is 1.61. The summed E-state index contributed by atoms with van der Waals surface area (Å²) in [6.45, 7) is 3.62. The van der Waals surface area contributed by atoms with E-state index in [0.717, 1.165) is 30.8 Å². The minimum Gasteiger partial charge on any atom is -0.504 e. The third-order valence-electron chi connectivity index (χ3n) is 7.09. The van der Waals surface area contributed by atoms with Crippen LogP contribution < -0.4 is 10.6 Å². The predicted molar refractivity (Wildman–Crippen MR) is 169 cm³/mol. The summed E-state index contributed by atoms with van der Waals surface area (Å²) in [7, 11) is 0. The van der Waals surface area contributed by atoms with Crippen LogP contribution in [-0.2, 0) is 0 Å². The van der Waals surface area contributed by atoms with Crippen LogP contribution in [0, 0.1) is 13.8 Å². The molecule has 6 aromatic rings. The zero-order valence-electron chi connectivity index (χ0n) is 22.6. The molecule has 0 unspecified atom stereocenters. The van der Waals surface area contributed by atoms with Crippen molar-refractivity contribution in [1.29, 1.82) is 0 Å². The zero-order chi connectivity index (χ0) is 29.4. The predicted octanol–water partition coefficient (Wildman–Crippen LogP) is 8.77. The van der Waals surface area contributed by atoms with E-state index in [1.165, 1.54) is 0 Å². The fourth-order valence-electron chi connectivity index (χ4n) is 5.24.